The minimum Gasteiger partial charge on any atom is -0.282 e. The van der Waals surface area contributed by atoms with E-state index in [-0.39, 0.29) is 17.1 Å². The van der Waals surface area contributed by atoms with Gasteiger partial charge in [-0.2, -0.15) is 0 Å². The van der Waals surface area contributed by atoms with Gasteiger partial charge in [0.05, 0.1) is 12.1 Å². The molecule has 5 rings (SSSR count). The summed E-state index contributed by atoms with van der Waals surface area (Å²) in [6.07, 6.45) is 2.66. The topological polar surface area (TPSA) is 47.8 Å². The fourth-order valence-corrected chi connectivity index (χ4v) is 6.03. The second-order valence-electron chi connectivity index (χ2n) is 7.58. The Morgan fingerprint density at radius 3 is 2.64 bits per heavy atom. The molecule has 2 aromatic carbocycles. The number of benzene rings is 2. The van der Waals surface area contributed by atoms with Crippen molar-refractivity contribution < 1.29 is 4.39 Å². The van der Waals surface area contributed by atoms with Crippen molar-refractivity contribution in [1.29, 1.82) is 0 Å². The largest absolute Gasteiger partial charge is 0.282 e. The van der Waals surface area contributed by atoms with Gasteiger partial charge in [-0.15, -0.1) is 11.3 Å². The molecule has 0 radical (unpaired) electrons. The van der Waals surface area contributed by atoms with Gasteiger partial charge >= 0.3 is 0 Å². The summed E-state index contributed by atoms with van der Waals surface area (Å²) in [6.45, 7) is 2.48. The summed E-state index contributed by atoms with van der Waals surface area (Å²) >= 11 is 8.89. The van der Waals surface area contributed by atoms with E-state index in [0.29, 0.717) is 32.5 Å². The van der Waals surface area contributed by atoms with Gasteiger partial charge in [0, 0.05) is 27.9 Å². The first-order chi connectivity index (χ1) is 16.0. The van der Waals surface area contributed by atoms with Gasteiger partial charge in [0.15, 0.2) is 5.16 Å². The highest BCUT2D eigenvalue weighted by Gasteiger charge is 2.18. The normalized spacial score (nSPS) is 11.5. The van der Waals surface area contributed by atoms with Crippen LogP contribution in [0, 0.1) is 5.82 Å². The van der Waals surface area contributed by atoms with E-state index in [1.165, 1.54) is 34.7 Å². The zero-order valence-electron chi connectivity index (χ0n) is 17.7. The summed E-state index contributed by atoms with van der Waals surface area (Å²) in [7, 11) is 0. The molecule has 3 heterocycles. The Balaban J connectivity index is 1.62. The predicted molar refractivity (Wildman–Crippen MR) is 135 cm³/mol. The monoisotopic (exact) mass is 495 g/mol. The highest BCUT2D eigenvalue weighted by atomic mass is 35.5. The van der Waals surface area contributed by atoms with Crippen molar-refractivity contribution >= 4 is 55.1 Å². The predicted octanol–water partition coefficient (Wildman–Crippen LogP) is 6.70. The number of halogens is 2. The molecular weight excluding hydrogens is 477 g/mol. The Kier molecular flexibility index (Phi) is 6.19. The van der Waals surface area contributed by atoms with E-state index in [0.717, 1.165) is 22.2 Å². The Morgan fingerprint density at radius 1 is 1.09 bits per heavy atom. The van der Waals surface area contributed by atoms with Crippen molar-refractivity contribution in [3.8, 4) is 0 Å². The molecule has 4 nitrogen and oxygen atoms in total. The van der Waals surface area contributed by atoms with E-state index in [2.05, 4.69) is 24.0 Å². The maximum Gasteiger partial charge on any atom is 0.272 e. The quantitative estimate of drug-likeness (QED) is 0.194. The lowest BCUT2D eigenvalue weighted by atomic mass is 10.1. The van der Waals surface area contributed by atoms with Crippen molar-refractivity contribution in [3.05, 3.63) is 98.7 Å². The number of pyridine rings is 1. The second-order valence-corrected chi connectivity index (χ2v) is 9.93. The minimum absolute atomic E-state index is 0.121. The highest BCUT2D eigenvalue weighted by Crippen LogP contribution is 2.32. The Hall–Kier alpha value is -2.74. The first kappa shape index (κ1) is 22.1. The molecule has 0 fully saturated rings. The molecule has 0 aliphatic heterocycles. The highest BCUT2D eigenvalue weighted by molar-refractivity contribution is 7.98. The number of thioether (sulfide) groups is 1. The molecule has 0 aliphatic rings. The lowest BCUT2D eigenvalue weighted by molar-refractivity contribution is 0.617. The van der Waals surface area contributed by atoms with Crippen molar-refractivity contribution in [3.63, 3.8) is 0 Å². The van der Waals surface area contributed by atoms with Crippen molar-refractivity contribution in [2.45, 2.75) is 30.8 Å². The average molecular weight is 496 g/mol. The number of hydrogen-bond donors (Lipinski definition) is 0. The van der Waals surface area contributed by atoms with Crippen molar-refractivity contribution in [2.75, 3.05) is 0 Å². The van der Waals surface area contributed by atoms with Gasteiger partial charge in [-0.3, -0.25) is 9.36 Å². The van der Waals surface area contributed by atoms with Crippen LogP contribution >= 0.6 is 34.7 Å². The molecular formula is C25H19ClFN3OS2. The molecule has 0 spiro atoms. The van der Waals surface area contributed by atoms with Crippen LogP contribution < -0.4 is 5.56 Å². The molecule has 0 amide bonds. The Morgan fingerprint density at radius 2 is 1.88 bits per heavy atom. The maximum atomic E-state index is 14.4. The van der Waals surface area contributed by atoms with Gasteiger partial charge in [-0.1, -0.05) is 60.6 Å². The summed E-state index contributed by atoms with van der Waals surface area (Å²) in [5.74, 6) is -0.108. The SMILES string of the molecule is CCc1ccc(Cn2c(SCc3c(F)cccc3Cl)nc3c(sc4ncccc43)c2=O)cc1. The Bertz CT molecular complexity index is 1510. The second kappa shape index (κ2) is 9.25. The number of aryl methyl sites for hydroxylation is 1. The van der Waals surface area contributed by atoms with Crippen LogP contribution in [0.1, 0.15) is 23.6 Å². The standard InChI is InChI=1S/C25H19ClFN3OS2/c1-2-15-8-10-16(11-9-15)13-30-24(31)22-21(17-5-4-12-28-23(17)33-22)29-25(30)32-14-18-19(26)6-3-7-20(18)27/h3-12H,2,13-14H2,1H3. The number of thiophene rings is 1. The van der Waals surface area contributed by atoms with Gasteiger partial charge in [0.2, 0.25) is 0 Å². The van der Waals surface area contributed by atoms with Crippen LogP contribution in [-0.2, 0) is 18.7 Å². The molecule has 8 heteroatoms. The number of fused-ring (bicyclic) bond motifs is 3. The molecule has 166 valence electrons. The van der Waals surface area contributed by atoms with Crippen LogP contribution in [0.25, 0.3) is 20.4 Å². The van der Waals surface area contributed by atoms with E-state index in [9.17, 15) is 9.18 Å². The van der Waals surface area contributed by atoms with Gasteiger partial charge in [-0.25, -0.2) is 14.4 Å². The number of aromatic nitrogens is 3. The fourth-order valence-electron chi connectivity index (χ4n) is 3.66. The zero-order valence-corrected chi connectivity index (χ0v) is 20.1. The minimum atomic E-state index is -0.370. The van der Waals surface area contributed by atoms with Crippen LogP contribution in [0.15, 0.2) is 70.7 Å². The number of nitrogens with zero attached hydrogens (tertiary/aromatic N) is 3. The Labute approximate surface area is 203 Å². The maximum absolute atomic E-state index is 14.4. The lowest BCUT2D eigenvalue weighted by Crippen LogP contribution is -2.23. The molecule has 5 aromatic rings. The summed E-state index contributed by atoms with van der Waals surface area (Å²) in [6, 6.07) is 16.6. The third-order valence-corrected chi connectivity index (χ3v) is 7.94. The summed E-state index contributed by atoms with van der Waals surface area (Å²) in [4.78, 5) is 23.6. The van der Waals surface area contributed by atoms with Crippen molar-refractivity contribution in [1.82, 2.24) is 14.5 Å². The molecule has 0 atom stereocenters. The van der Waals surface area contributed by atoms with E-state index in [4.69, 9.17) is 16.6 Å². The molecule has 0 aliphatic carbocycles. The average Bonchev–Trinajstić information content (AvgIpc) is 3.20. The van der Waals surface area contributed by atoms with E-state index < -0.39 is 0 Å². The smallest absolute Gasteiger partial charge is 0.272 e. The summed E-state index contributed by atoms with van der Waals surface area (Å²) < 4.78 is 16.6. The van der Waals surface area contributed by atoms with E-state index in [1.54, 1.807) is 22.9 Å². The van der Waals surface area contributed by atoms with Gasteiger partial charge in [0.1, 0.15) is 15.3 Å². The fraction of sp³-hybridized carbons (Fsp3) is 0.160. The van der Waals surface area contributed by atoms with Crippen molar-refractivity contribution in [2.24, 2.45) is 0 Å². The van der Waals surface area contributed by atoms with E-state index >= 15 is 0 Å². The number of rotatable bonds is 6. The van der Waals surface area contributed by atoms with Crippen LogP contribution in [-0.4, -0.2) is 14.5 Å². The first-order valence-electron chi connectivity index (χ1n) is 10.5. The molecule has 33 heavy (non-hydrogen) atoms. The van der Waals surface area contributed by atoms with Crippen LogP contribution in [0.3, 0.4) is 0 Å². The first-order valence-corrected chi connectivity index (χ1v) is 12.6. The third kappa shape index (κ3) is 4.28. The van der Waals surface area contributed by atoms with Gasteiger partial charge < -0.3 is 0 Å². The molecule has 0 saturated carbocycles. The summed E-state index contributed by atoms with van der Waals surface area (Å²) in [5, 5.41) is 1.73. The van der Waals surface area contributed by atoms with E-state index in [1.807, 2.05) is 24.3 Å². The molecule has 0 bridgehead atoms. The van der Waals surface area contributed by atoms with Crippen LogP contribution in [0.2, 0.25) is 5.02 Å². The number of hydrogen-bond acceptors (Lipinski definition) is 5. The van der Waals surface area contributed by atoms with Crippen LogP contribution in [0.4, 0.5) is 4.39 Å². The van der Waals surface area contributed by atoms with Gasteiger partial charge in [0.25, 0.3) is 5.56 Å². The van der Waals surface area contributed by atoms with Gasteiger partial charge in [-0.05, 0) is 41.8 Å². The molecule has 0 saturated heterocycles. The summed E-state index contributed by atoms with van der Waals surface area (Å²) in [5.41, 5.74) is 3.14. The molecule has 3 aromatic heterocycles. The molecule has 0 unspecified atom stereocenters. The van der Waals surface area contributed by atoms with Crippen LogP contribution in [0.5, 0.6) is 0 Å². The lowest BCUT2D eigenvalue weighted by Gasteiger charge is -2.13. The zero-order chi connectivity index (χ0) is 22.9. The third-order valence-electron chi connectivity index (χ3n) is 5.50. The molecule has 0 N–H and O–H groups in total.